The lowest BCUT2D eigenvalue weighted by molar-refractivity contribution is -0.131. The smallest absolute Gasteiger partial charge is 0.236 e. The summed E-state index contributed by atoms with van der Waals surface area (Å²) in [6.07, 6.45) is 0.601. The zero-order valence-corrected chi connectivity index (χ0v) is 12.1. The molecule has 0 aromatic rings. The van der Waals surface area contributed by atoms with Crippen molar-refractivity contribution in [3.8, 4) is 0 Å². The molecule has 0 saturated carbocycles. The van der Waals surface area contributed by atoms with Crippen molar-refractivity contribution in [1.29, 1.82) is 0 Å². The summed E-state index contributed by atoms with van der Waals surface area (Å²) < 4.78 is 0. The molecule has 0 aromatic carbocycles. The third-order valence-electron chi connectivity index (χ3n) is 2.80. The molecular formula is C11H21N3OS2. The van der Waals surface area contributed by atoms with Crippen LogP contribution < -0.4 is 5.73 Å². The maximum absolute atomic E-state index is 11.9. The van der Waals surface area contributed by atoms with E-state index in [0.29, 0.717) is 29.7 Å². The summed E-state index contributed by atoms with van der Waals surface area (Å²) in [7, 11) is 1.81. The van der Waals surface area contributed by atoms with E-state index in [1.165, 1.54) is 0 Å². The Labute approximate surface area is 113 Å². The van der Waals surface area contributed by atoms with Gasteiger partial charge in [0.15, 0.2) is 0 Å². The number of likely N-dealkylation sites (N-methyl/N-ethyl adjacent to an activating group) is 1. The van der Waals surface area contributed by atoms with Crippen LogP contribution in [0.5, 0.6) is 0 Å². The molecule has 0 spiro atoms. The van der Waals surface area contributed by atoms with E-state index in [2.05, 4.69) is 11.8 Å². The van der Waals surface area contributed by atoms with Gasteiger partial charge in [0.2, 0.25) is 5.91 Å². The number of carbonyl (C=O) groups is 1. The Balaban J connectivity index is 2.29. The zero-order valence-electron chi connectivity index (χ0n) is 10.5. The lowest BCUT2D eigenvalue weighted by Gasteiger charge is -2.31. The molecule has 6 heteroatoms. The quantitative estimate of drug-likeness (QED) is 0.743. The lowest BCUT2D eigenvalue weighted by atomic mass is 10.3. The van der Waals surface area contributed by atoms with E-state index >= 15 is 0 Å². The first-order chi connectivity index (χ1) is 7.99. The van der Waals surface area contributed by atoms with Gasteiger partial charge in [-0.2, -0.15) is 11.8 Å². The standard InChI is InChI=1S/C11H21N3OS2/c1-9-7-14(5-6-17-9)8-11(15)13(2)4-3-10(12)16/h9H,3-8H2,1-2H3,(H2,12,16). The number of hydrogen-bond acceptors (Lipinski definition) is 4. The zero-order chi connectivity index (χ0) is 12.8. The summed E-state index contributed by atoms with van der Waals surface area (Å²) in [6, 6.07) is 0. The van der Waals surface area contributed by atoms with Crippen molar-refractivity contribution in [2.45, 2.75) is 18.6 Å². The van der Waals surface area contributed by atoms with Gasteiger partial charge in [-0.05, 0) is 0 Å². The molecule has 1 rings (SSSR count). The molecule has 1 unspecified atom stereocenters. The lowest BCUT2D eigenvalue weighted by Crippen LogP contribution is -2.44. The highest BCUT2D eigenvalue weighted by Crippen LogP contribution is 2.17. The van der Waals surface area contributed by atoms with Gasteiger partial charge in [0.25, 0.3) is 0 Å². The molecule has 0 bridgehead atoms. The molecule has 0 aromatic heterocycles. The first-order valence-electron chi connectivity index (χ1n) is 5.85. The third-order valence-corrected chi connectivity index (χ3v) is 4.14. The monoisotopic (exact) mass is 275 g/mol. The number of nitrogens with zero attached hydrogens (tertiary/aromatic N) is 2. The van der Waals surface area contributed by atoms with E-state index in [1.807, 2.05) is 18.8 Å². The third kappa shape index (κ3) is 5.70. The minimum Gasteiger partial charge on any atom is -0.393 e. The van der Waals surface area contributed by atoms with Crippen molar-refractivity contribution < 1.29 is 4.79 Å². The van der Waals surface area contributed by atoms with Crippen LogP contribution in [0.3, 0.4) is 0 Å². The van der Waals surface area contributed by atoms with Crippen LogP contribution in [0.15, 0.2) is 0 Å². The Morgan fingerprint density at radius 1 is 1.65 bits per heavy atom. The van der Waals surface area contributed by atoms with E-state index < -0.39 is 0 Å². The molecule has 1 heterocycles. The number of amides is 1. The summed E-state index contributed by atoms with van der Waals surface area (Å²) in [5.74, 6) is 1.27. The van der Waals surface area contributed by atoms with Crippen molar-refractivity contribution >= 4 is 34.9 Å². The fourth-order valence-corrected chi connectivity index (χ4v) is 2.92. The number of carbonyl (C=O) groups excluding carboxylic acids is 1. The fraction of sp³-hybridized carbons (Fsp3) is 0.818. The van der Waals surface area contributed by atoms with Crippen LogP contribution in [0.25, 0.3) is 0 Å². The van der Waals surface area contributed by atoms with Crippen molar-refractivity contribution in [2.75, 3.05) is 39.0 Å². The molecule has 17 heavy (non-hydrogen) atoms. The molecule has 0 aliphatic carbocycles. The summed E-state index contributed by atoms with van der Waals surface area (Å²) in [6.45, 7) is 5.34. The van der Waals surface area contributed by atoms with Crippen molar-refractivity contribution in [2.24, 2.45) is 5.73 Å². The van der Waals surface area contributed by atoms with Gasteiger partial charge in [-0.15, -0.1) is 0 Å². The molecular weight excluding hydrogens is 254 g/mol. The molecule has 1 atom stereocenters. The Hall–Kier alpha value is -0.330. The van der Waals surface area contributed by atoms with E-state index in [-0.39, 0.29) is 5.91 Å². The highest BCUT2D eigenvalue weighted by atomic mass is 32.2. The number of hydrogen-bond donors (Lipinski definition) is 1. The van der Waals surface area contributed by atoms with E-state index in [9.17, 15) is 4.79 Å². The molecule has 1 fully saturated rings. The first kappa shape index (κ1) is 14.7. The van der Waals surface area contributed by atoms with Gasteiger partial charge in [0.05, 0.1) is 11.5 Å². The Bertz CT molecular complexity index is 286. The second kappa shape index (κ2) is 7.18. The topological polar surface area (TPSA) is 49.6 Å². The molecule has 0 radical (unpaired) electrons. The molecule has 98 valence electrons. The Kier molecular flexibility index (Phi) is 6.22. The van der Waals surface area contributed by atoms with Gasteiger partial charge in [0, 0.05) is 44.1 Å². The number of nitrogens with two attached hydrogens (primary N) is 1. The molecule has 1 amide bonds. The van der Waals surface area contributed by atoms with Crippen LogP contribution in [0.1, 0.15) is 13.3 Å². The van der Waals surface area contributed by atoms with Gasteiger partial charge in [-0.1, -0.05) is 19.1 Å². The number of thiocarbonyl (C=S) groups is 1. The van der Waals surface area contributed by atoms with Crippen LogP contribution in [0.2, 0.25) is 0 Å². The summed E-state index contributed by atoms with van der Waals surface area (Å²) in [5, 5.41) is 0.624. The van der Waals surface area contributed by atoms with Crippen LogP contribution in [-0.2, 0) is 4.79 Å². The highest BCUT2D eigenvalue weighted by molar-refractivity contribution is 7.99. The molecule has 2 N–H and O–H groups in total. The molecule has 1 aliphatic heterocycles. The van der Waals surface area contributed by atoms with Crippen LogP contribution in [0, 0.1) is 0 Å². The maximum atomic E-state index is 11.9. The van der Waals surface area contributed by atoms with E-state index in [1.54, 1.807) is 4.90 Å². The van der Waals surface area contributed by atoms with Crippen molar-refractivity contribution in [3.63, 3.8) is 0 Å². The summed E-state index contributed by atoms with van der Waals surface area (Å²) in [5.41, 5.74) is 5.42. The number of thioether (sulfide) groups is 1. The summed E-state index contributed by atoms with van der Waals surface area (Å²) in [4.78, 5) is 16.3. The van der Waals surface area contributed by atoms with Gasteiger partial charge in [0.1, 0.15) is 0 Å². The molecule has 1 aliphatic rings. The fourth-order valence-electron chi connectivity index (χ4n) is 1.75. The average molecular weight is 275 g/mol. The van der Waals surface area contributed by atoms with Gasteiger partial charge < -0.3 is 10.6 Å². The second-order valence-electron chi connectivity index (χ2n) is 4.45. The summed E-state index contributed by atoms with van der Waals surface area (Å²) >= 11 is 6.78. The maximum Gasteiger partial charge on any atom is 0.236 e. The van der Waals surface area contributed by atoms with Gasteiger partial charge in [-0.25, -0.2) is 0 Å². The second-order valence-corrected chi connectivity index (χ2v) is 6.52. The molecule has 1 saturated heterocycles. The molecule has 4 nitrogen and oxygen atoms in total. The van der Waals surface area contributed by atoms with E-state index in [0.717, 1.165) is 18.8 Å². The van der Waals surface area contributed by atoms with E-state index in [4.69, 9.17) is 18.0 Å². The predicted molar refractivity (Wildman–Crippen MR) is 77.4 cm³/mol. The van der Waals surface area contributed by atoms with Gasteiger partial charge >= 0.3 is 0 Å². The Morgan fingerprint density at radius 3 is 2.94 bits per heavy atom. The van der Waals surface area contributed by atoms with Crippen LogP contribution in [-0.4, -0.2) is 64.9 Å². The first-order valence-corrected chi connectivity index (χ1v) is 7.31. The predicted octanol–water partition coefficient (Wildman–Crippen LogP) is 0.558. The van der Waals surface area contributed by atoms with Crippen LogP contribution >= 0.6 is 24.0 Å². The van der Waals surface area contributed by atoms with Crippen LogP contribution in [0.4, 0.5) is 0 Å². The average Bonchev–Trinajstić information content (AvgIpc) is 2.25. The number of rotatable bonds is 5. The minimum atomic E-state index is 0.153. The highest BCUT2D eigenvalue weighted by Gasteiger charge is 2.20. The Morgan fingerprint density at radius 2 is 2.35 bits per heavy atom. The normalized spacial score (nSPS) is 21.2. The van der Waals surface area contributed by atoms with Crippen molar-refractivity contribution in [1.82, 2.24) is 9.80 Å². The SMILES string of the molecule is CC1CN(CC(=O)N(C)CCC(N)=S)CCS1. The van der Waals surface area contributed by atoms with Gasteiger partial charge in [-0.3, -0.25) is 9.69 Å². The van der Waals surface area contributed by atoms with Crippen molar-refractivity contribution in [3.05, 3.63) is 0 Å². The largest absolute Gasteiger partial charge is 0.393 e. The minimum absolute atomic E-state index is 0.153.